The van der Waals surface area contributed by atoms with E-state index in [-0.39, 0.29) is 23.7 Å². The van der Waals surface area contributed by atoms with E-state index in [4.69, 9.17) is 4.42 Å². The molecule has 0 fully saturated rings. The van der Waals surface area contributed by atoms with Crippen molar-refractivity contribution >= 4 is 17.2 Å². The van der Waals surface area contributed by atoms with Crippen LogP contribution in [0.2, 0.25) is 0 Å². The Hall–Kier alpha value is -3.26. The van der Waals surface area contributed by atoms with Gasteiger partial charge in [0.15, 0.2) is 0 Å². The van der Waals surface area contributed by atoms with Crippen molar-refractivity contribution in [2.75, 3.05) is 0 Å². The lowest BCUT2D eigenvalue weighted by Crippen LogP contribution is -2.24. The van der Waals surface area contributed by atoms with Crippen molar-refractivity contribution in [3.63, 3.8) is 0 Å². The lowest BCUT2D eigenvalue weighted by atomic mass is 10.0. The fourth-order valence-corrected chi connectivity index (χ4v) is 4.23. The van der Waals surface area contributed by atoms with Crippen LogP contribution in [0.25, 0.3) is 21.8 Å². The lowest BCUT2D eigenvalue weighted by molar-refractivity contribution is -0.120. The maximum absolute atomic E-state index is 13.5. The highest BCUT2D eigenvalue weighted by molar-refractivity contribution is 7.13. The molecule has 1 amide bonds. The summed E-state index contributed by atoms with van der Waals surface area (Å²) in [7, 11) is 0. The Bertz CT molecular complexity index is 1230. The van der Waals surface area contributed by atoms with Gasteiger partial charge in [-0.1, -0.05) is 0 Å². The zero-order valence-electron chi connectivity index (χ0n) is 18.5. The van der Waals surface area contributed by atoms with E-state index in [1.807, 2.05) is 29.1 Å². The number of benzene rings is 1. The molecule has 32 heavy (non-hydrogen) atoms. The minimum Gasteiger partial charge on any atom is -0.465 e. The van der Waals surface area contributed by atoms with Crippen LogP contribution >= 0.6 is 11.3 Å². The molecule has 4 aromatic rings. The Kier molecular flexibility index (Phi) is 5.97. The first-order valence-electron chi connectivity index (χ1n) is 10.3. The Morgan fingerprint density at radius 2 is 1.94 bits per heavy atom. The van der Waals surface area contributed by atoms with E-state index >= 15 is 0 Å². The third-order valence-electron chi connectivity index (χ3n) is 4.90. The third-order valence-corrected chi connectivity index (χ3v) is 5.83. The van der Waals surface area contributed by atoms with Crippen LogP contribution in [0, 0.1) is 12.7 Å². The van der Waals surface area contributed by atoms with E-state index in [1.54, 1.807) is 18.3 Å². The van der Waals surface area contributed by atoms with Gasteiger partial charge in [-0.05, 0) is 64.1 Å². The van der Waals surface area contributed by atoms with Crippen molar-refractivity contribution in [1.82, 2.24) is 20.1 Å². The number of furan rings is 1. The van der Waals surface area contributed by atoms with E-state index in [9.17, 15) is 9.18 Å². The Labute approximate surface area is 190 Å². The molecule has 0 unspecified atom stereocenters. The van der Waals surface area contributed by atoms with Gasteiger partial charge in [0, 0.05) is 10.9 Å². The molecule has 0 atom stereocenters. The standard InChI is InChI=1S/C24H25FN4O2S/c1-15-5-10-19(31-15)12-26-21(30)11-18-14-32-23(28-18)20-13-27-29(24(2,3)4)22(20)16-6-8-17(25)9-7-16/h5-10,13-14H,11-12H2,1-4H3,(H,26,30). The summed E-state index contributed by atoms with van der Waals surface area (Å²) in [6.45, 7) is 8.40. The summed E-state index contributed by atoms with van der Waals surface area (Å²) in [5.41, 5.74) is 3.00. The Balaban J connectivity index is 1.56. The number of carbonyl (C=O) groups excluding carboxylic acids is 1. The maximum atomic E-state index is 13.5. The van der Waals surface area contributed by atoms with Crippen LogP contribution in [-0.2, 0) is 23.3 Å². The van der Waals surface area contributed by atoms with E-state index in [0.717, 1.165) is 27.6 Å². The molecule has 166 valence electrons. The van der Waals surface area contributed by atoms with E-state index in [1.165, 1.54) is 23.5 Å². The number of aromatic nitrogens is 3. The molecule has 0 aliphatic heterocycles. The molecule has 8 heteroatoms. The Morgan fingerprint density at radius 1 is 1.19 bits per heavy atom. The molecule has 0 saturated carbocycles. The first kappa shape index (κ1) is 22.0. The molecule has 4 rings (SSSR count). The summed E-state index contributed by atoms with van der Waals surface area (Å²) in [6.07, 6.45) is 1.96. The highest BCUT2D eigenvalue weighted by Gasteiger charge is 2.24. The average Bonchev–Trinajstić information content (AvgIpc) is 3.46. The quantitative estimate of drug-likeness (QED) is 0.429. The van der Waals surface area contributed by atoms with Crippen molar-refractivity contribution in [2.24, 2.45) is 0 Å². The number of nitrogens with one attached hydrogen (secondary N) is 1. The number of nitrogens with zero attached hydrogens (tertiary/aromatic N) is 3. The number of hydrogen-bond donors (Lipinski definition) is 1. The summed E-state index contributed by atoms with van der Waals surface area (Å²) in [4.78, 5) is 17.0. The summed E-state index contributed by atoms with van der Waals surface area (Å²) in [5.74, 6) is 1.11. The Morgan fingerprint density at radius 3 is 2.59 bits per heavy atom. The minimum absolute atomic E-state index is 0.125. The maximum Gasteiger partial charge on any atom is 0.226 e. The molecule has 3 aromatic heterocycles. The summed E-state index contributed by atoms with van der Waals surface area (Å²) in [5, 5.41) is 10.1. The molecule has 0 aliphatic carbocycles. The molecule has 6 nitrogen and oxygen atoms in total. The summed E-state index contributed by atoms with van der Waals surface area (Å²) < 4.78 is 20.9. The largest absolute Gasteiger partial charge is 0.465 e. The van der Waals surface area contributed by atoms with Crippen LogP contribution in [-0.4, -0.2) is 20.7 Å². The van der Waals surface area contributed by atoms with Gasteiger partial charge in [-0.3, -0.25) is 9.48 Å². The van der Waals surface area contributed by atoms with Crippen molar-refractivity contribution in [3.8, 4) is 21.8 Å². The van der Waals surface area contributed by atoms with Crippen LogP contribution in [0.15, 0.2) is 52.4 Å². The zero-order valence-corrected chi connectivity index (χ0v) is 19.3. The lowest BCUT2D eigenvalue weighted by Gasteiger charge is -2.23. The zero-order chi connectivity index (χ0) is 22.9. The molecule has 0 radical (unpaired) electrons. The second kappa shape index (κ2) is 8.70. The van der Waals surface area contributed by atoms with Crippen molar-refractivity contribution < 1.29 is 13.6 Å². The SMILES string of the molecule is Cc1ccc(CNC(=O)Cc2csc(-c3cnn(C(C)(C)C)c3-c3ccc(F)cc3)n2)o1. The summed E-state index contributed by atoms with van der Waals surface area (Å²) >= 11 is 1.46. The number of carbonyl (C=O) groups is 1. The van der Waals surface area contributed by atoms with Crippen LogP contribution in [0.5, 0.6) is 0 Å². The van der Waals surface area contributed by atoms with Crippen LogP contribution < -0.4 is 5.32 Å². The number of halogens is 1. The predicted octanol–water partition coefficient (Wildman–Crippen LogP) is 5.33. The molecule has 1 aromatic carbocycles. The molecular formula is C24H25FN4O2S. The van der Waals surface area contributed by atoms with Crippen LogP contribution in [0.1, 0.15) is 38.0 Å². The van der Waals surface area contributed by atoms with Gasteiger partial charge in [0.25, 0.3) is 0 Å². The van der Waals surface area contributed by atoms with Gasteiger partial charge in [-0.25, -0.2) is 9.37 Å². The van der Waals surface area contributed by atoms with E-state index < -0.39 is 0 Å². The van der Waals surface area contributed by atoms with Gasteiger partial charge in [0.2, 0.25) is 5.91 Å². The molecular weight excluding hydrogens is 427 g/mol. The monoisotopic (exact) mass is 452 g/mol. The number of rotatable bonds is 6. The average molecular weight is 453 g/mol. The third kappa shape index (κ3) is 4.80. The molecule has 1 N–H and O–H groups in total. The first-order valence-corrected chi connectivity index (χ1v) is 11.2. The fourth-order valence-electron chi connectivity index (χ4n) is 3.40. The normalized spacial score (nSPS) is 11.7. The molecule has 0 aliphatic rings. The van der Waals surface area contributed by atoms with E-state index in [0.29, 0.717) is 18.0 Å². The molecule has 3 heterocycles. The second-order valence-corrected chi connectivity index (χ2v) is 9.46. The molecule has 0 saturated heterocycles. The van der Waals surface area contributed by atoms with Gasteiger partial charge < -0.3 is 9.73 Å². The minimum atomic E-state index is -0.288. The van der Waals surface area contributed by atoms with Crippen molar-refractivity contribution in [2.45, 2.75) is 46.2 Å². The van der Waals surface area contributed by atoms with Crippen molar-refractivity contribution in [3.05, 3.63) is 71.0 Å². The van der Waals surface area contributed by atoms with Crippen LogP contribution in [0.3, 0.4) is 0 Å². The number of hydrogen-bond acceptors (Lipinski definition) is 5. The van der Waals surface area contributed by atoms with E-state index in [2.05, 4.69) is 36.2 Å². The van der Waals surface area contributed by atoms with Gasteiger partial charge in [0.1, 0.15) is 22.3 Å². The van der Waals surface area contributed by atoms with Gasteiger partial charge >= 0.3 is 0 Å². The first-order chi connectivity index (χ1) is 15.2. The molecule has 0 spiro atoms. The van der Waals surface area contributed by atoms with Crippen LogP contribution in [0.4, 0.5) is 4.39 Å². The highest BCUT2D eigenvalue weighted by Crippen LogP contribution is 2.36. The second-order valence-electron chi connectivity index (χ2n) is 8.61. The van der Waals surface area contributed by atoms with Gasteiger partial charge in [-0.15, -0.1) is 11.3 Å². The summed E-state index contributed by atoms with van der Waals surface area (Å²) in [6, 6.07) is 10.1. The topological polar surface area (TPSA) is 73.0 Å². The number of aryl methyl sites for hydroxylation is 1. The van der Waals surface area contributed by atoms with Gasteiger partial charge in [-0.2, -0.15) is 5.10 Å². The van der Waals surface area contributed by atoms with Crippen molar-refractivity contribution in [1.29, 1.82) is 0 Å². The number of amides is 1. The number of thiazole rings is 1. The molecule has 0 bridgehead atoms. The smallest absolute Gasteiger partial charge is 0.226 e. The predicted molar refractivity (Wildman–Crippen MR) is 123 cm³/mol. The fraction of sp³-hybridized carbons (Fsp3) is 0.292. The highest BCUT2D eigenvalue weighted by atomic mass is 32.1. The van der Waals surface area contributed by atoms with Gasteiger partial charge in [0.05, 0.1) is 41.7 Å².